The fourth-order valence-corrected chi connectivity index (χ4v) is 7.55. The molecule has 0 spiro atoms. The zero-order chi connectivity index (χ0) is 42.8. The Labute approximate surface area is 367 Å². The van der Waals surface area contributed by atoms with Crippen LogP contribution in [0, 0.1) is 0 Å². The molecule has 0 aliphatic heterocycles. The maximum absolute atomic E-state index is 12.2. The van der Waals surface area contributed by atoms with Crippen LogP contribution in [0.1, 0.15) is 264 Å². The van der Waals surface area contributed by atoms with E-state index in [2.05, 4.69) is 62.5 Å². The lowest BCUT2D eigenvalue weighted by Crippen LogP contribution is -2.28. The van der Waals surface area contributed by atoms with Gasteiger partial charge in [0.1, 0.15) is 6.61 Å². The van der Waals surface area contributed by atoms with Gasteiger partial charge in [-0.25, -0.2) is 0 Å². The lowest BCUT2D eigenvalue weighted by molar-refractivity contribution is -0.161. The molecular weight excluding hydrogens is 729 g/mol. The molecule has 0 heterocycles. The van der Waals surface area contributed by atoms with Crippen LogP contribution in [-0.4, -0.2) is 36.4 Å². The average molecular weight is 827 g/mol. The molecule has 5 nitrogen and oxygen atoms in total. The van der Waals surface area contributed by atoms with Gasteiger partial charge in [0.2, 0.25) is 0 Å². The fourth-order valence-electron chi connectivity index (χ4n) is 7.55. The second-order valence-electron chi connectivity index (χ2n) is 17.2. The van der Waals surface area contributed by atoms with E-state index in [1.165, 1.54) is 173 Å². The molecule has 0 aromatic rings. The van der Waals surface area contributed by atoms with Crippen LogP contribution >= 0.6 is 0 Å². The summed E-state index contributed by atoms with van der Waals surface area (Å²) in [4.78, 5) is 24.2. The second kappa shape index (κ2) is 50.2. The molecule has 0 fully saturated rings. The Kier molecular flexibility index (Phi) is 48.4. The fraction of sp³-hybridized carbons (Fsp3) is 0.815. The molecule has 1 unspecified atom stereocenters. The van der Waals surface area contributed by atoms with E-state index < -0.39 is 6.10 Å². The summed E-state index contributed by atoms with van der Waals surface area (Å²) in [5.74, 6) is -0.584. The number of allylic oxidation sites excluding steroid dienone is 8. The van der Waals surface area contributed by atoms with Crippen LogP contribution in [0.2, 0.25) is 0 Å². The lowest BCUT2D eigenvalue weighted by Gasteiger charge is -2.15. The van der Waals surface area contributed by atoms with Crippen LogP contribution in [0.4, 0.5) is 0 Å². The number of carbonyl (C=O) groups excluding carboxylic acids is 2. The number of hydrogen-bond donors (Lipinski definition) is 1. The van der Waals surface area contributed by atoms with Crippen LogP contribution < -0.4 is 0 Å². The molecule has 1 atom stereocenters. The smallest absolute Gasteiger partial charge is 0.306 e. The SMILES string of the molecule is CC/C=C\C/C=C\C/C=C\C/C=C\CCCCCCCCCCCCCCCCCCCCCCCCCCC(=O)OC(CO)COC(=O)CCCCCCCCCC. The number of carbonyl (C=O) groups is 2. The van der Waals surface area contributed by atoms with E-state index in [9.17, 15) is 14.7 Å². The van der Waals surface area contributed by atoms with Crippen molar-refractivity contribution in [3.05, 3.63) is 48.6 Å². The summed E-state index contributed by atoms with van der Waals surface area (Å²) in [5.41, 5.74) is 0. The van der Waals surface area contributed by atoms with Gasteiger partial charge in [0.15, 0.2) is 6.10 Å². The van der Waals surface area contributed by atoms with E-state index in [0.29, 0.717) is 12.8 Å². The van der Waals surface area contributed by atoms with E-state index in [4.69, 9.17) is 9.47 Å². The second-order valence-corrected chi connectivity index (χ2v) is 17.2. The molecule has 59 heavy (non-hydrogen) atoms. The number of esters is 2. The van der Waals surface area contributed by atoms with Crippen molar-refractivity contribution >= 4 is 11.9 Å². The van der Waals surface area contributed by atoms with Gasteiger partial charge in [0, 0.05) is 12.8 Å². The highest BCUT2D eigenvalue weighted by Gasteiger charge is 2.16. The molecule has 344 valence electrons. The first kappa shape index (κ1) is 56.9. The van der Waals surface area contributed by atoms with Crippen molar-refractivity contribution in [1.29, 1.82) is 0 Å². The molecular formula is C54H98O5. The minimum absolute atomic E-state index is 0.0609. The summed E-state index contributed by atoms with van der Waals surface area (Å²) in [5, 5.41) is 9.55. The average Bonchev–Trinajstić information content (AvgIpc) is 3.24. The van der Waals surface area contributed by atoms with Crippen LogP contribution in [0.3, 0.4) is 0 Å². The van der Waals surface area contributed by atoms with Crippen molar-refractivity contribution in [3.63, 3.8) is 0 Å². The molecule has 0 bridgehead atoms. The van der Waals surface area contributed by atoms with Gasteiger partial charge in [0.25, 0.3) is 0 Å². The van der Waals surface area contributed by atoms with Gasteiger partial charge in [-0.1, -0.05) is 249 Å². The van der Waals surface area contributed by atoms with E-state index in [1.54, 1.807) is 0 Å². The molecule has 5 heteroatoms. The van der Waals surface area contributed by atoms with E-state index in [-0.39, 0.29) is 25.2 Å². The number of rotatable bonds is 47. The monoisotopic (exact) mass is 827 g/mol. The number of hydrogen-bond acceptors (Lipinski definition) is 5. The molecule has 1 N–H and O–H groups in total. The van der Waals surface area contributed by atoms with E-state index in [1.807, 2.05) is 0 Å². The highest BCUT2D eigenvalue weighted by molar-refractivity contribution is 5.70. The number of aliphatic hydroxyl groups is 1. The number of aliphatic hydroxyl groups excluding tert-OH is 1. The third-order valence-electron chi connectivity index (χ3n) is 11.4. The molecule has 0 amide bonds. The summed E-state index contributed by atoms with van der Waals surface area (Å²) >= 11 is 0. The summed E-state index contributed by atoms with van der Waals surface area (Å²) in [6.45, 7) is 4.01. The van der Waals surface area contributed by atoms with Crippen LogP contribution in [0.25, 0.3) is 0 Å². The normalized spacial score (nSPS) is 12.5. The topological polar surface area (TPSA) is 72.8 Å². The number of unbranched alkanes of at least 4 members (excludes halogenated alkanes) is 31. The number of ether oxygens (including phenoxy) is 2. The Morgan fingerprint density at radius 1 is 0.407 bits per heavy atom. The van der Waals surface area contributed by atoms with Gasteiger partial charge in [-0.15, -0.1) is 0 Å². The predicted molar refractivity (Wildman–Crippen MR) is 256 cm³/mol. The zero-order valence-electron chi connectivity index (χ0n) is 39.3. The van der Waals surface area contributed by atoms with E-state index >= 15 is 0 Å². The van der Waals surface area contributed by atoms with Gasteiger partial charge in [-0.2, -0.15) is 0 Å². The van der Waals surface area contributed by atoms with Gasteiger partial charge in [-0.05, 0) is 51.4 Å². The van der Waals surface area contributed by atoms with Crippen LogP contribution in [-0.2, 0) is 19.1 Å². The Morgan fingerprint density at radius 3 is 1.10 bits per heavy atom. The summed E-state index contributed by atoms with van der Waals surface area (Å²) in [6, 6.07) is 0. The first-order valence-corrected chi connectivity index (χ1v) is 25.7. The standard InChI is InChI=1S/C54H98O5/c1-3-5-7-9-11-13-14-15-16-17-18-19-20-21-22-23-24-25-26-27-28-29-30-31-32-33-34-35-36-37-38-39-40-41-43-45-47-49-54(57)59-52(50-55)51-58-53(56)48-46-44-42-12-10-8-6-4-2/h5,7,11,13,15-16,18-19,52,55H,3-4,6,8-10,12,14,17,20-51H2,1-2H3/b7-5-,13-11-,16-15-,19-18-. The minimum Gasteiger partial charge on any atom is -0.462 e. The van der Waals surface area contributed by atoms with Crippen molar-refractivity contribution < 1.29 is 24.2 Å². The summed E-state index contributed by atoms with van der Waals surface area (Å²) in [6.07, 6.45) is 65.4. The van der Waals surface area contributed by atoms with Gasteiger partial charge < -0.3 is 14.6 Å². The molecule has 0 aliphatic rings. The summed E-state index contributed by atoms with van der Waals surface area (Å²) < 4.78 is 10.6. The Hall–Kier alpha value is -2.14. The Bertz CT molecular complexity index is 981. The highest BCUT2D eigenvalue weighted by Crippen LogP contribution is 2.17. The first-order valence-electron chi connectivity index (χ1n) is 25.7. The molecule has 0 aromatic carbocycles. The maximum Gasteiger partial charge on any atom is 0.306 e. The molecule has 0 aliphatic carbocycles. The third kappa shape index (κ3) is 48.4. The largest absolute Gasteiger partial charge is 0.462 e. The molecule has 0 aromatic heterocycles. The molecule has 0 saturated heterocycles. The van der Waals surface area contributed by atoms with Crippen LogP contribution in [0.15, 0.2) is 48.6 Å². The first-order chi connectivity index (χ1) is 29.1. The van der Waals surface area contributed by atoms with Gasteiger partial charge in [0.05, 0.1) is 6.61 Å². The highest BCUT2D eigenvalue weighted by atomic mass is 16.6. The lowest BCUT2D eigenvalue weighted by atomic mass is 10.0. The molecule has 0 radical (unpaired) electrons. The predicted octanol–water partition coefficient (Wildman–Crippen LogP) is 16.9. The minimum atomic E-state index is -0.765. The Balaban J connectivity index is 3.35. The van der Waals surface area contributed by atoms with Gasteiger partial charge >= 0.3 is 11.9 Å². The Morgan fingerprint density at radius 2 is 0.729 bits per heavy atom. The van der Waals surface area contributed by atoms with Crippen molar-refractivity contribution in [3.8, 4) is 0 Å². The molecule has 0 rings (SSSR count). The van der Waals surface area contributed by atoms with Crippen molar-refractivity contribution in [2.75, 3.05) is 13.2 Å². The van der Waals surface area contributed by atoms with Gasteiger partial charge in [-0.3, -0.25) is 9.59 Å². The van der Waals surface area contributed by atoms with Crippen LogP contribution in [0.5, 0.6) is 0 Å². The summed E-state index contributed by atoms with van der Waals surface area (Å²) in [7, 11) is 0. The van der Waals surface area contributed by atoms with Crippen molar-refractivity contribution in [2.45, 2.75) is 270 Å². The van der Waals surface area contributed by atoms with Crippen molar-refractivity contribution in [1.82, 2.24) is 0 Å². The maximum atomic E-state index is 12.2. The van der Waals surface area contributed by atoms with Crippen molar-refractivity contribution in [2.24, 2.45) is 0 Å². The van der Waals surface area contributed by atoms with E-state index in [0.717, 1.165) is 64.2 Å². The third-order valence-corrected chi connectivity index (χ3v) is 11.4. The zero-order valence-corrected chi connectivity index (χ0v) is 39.3. The molecule has 0 saturated carbocycles. The quantitative estimate of drug-likeness (QED) is 0.0376.